The first-order valence-corrected chi connectivity index (χ1v) is 13.9. The summed E-state index contributed by atoms with van der Waals surface area (Å²) in [4.78, 5) is 14.5. The summed E-state index contributed by atoms with van der Waals surface area (Å²) in [5.74, 6) is 1.40. The van der Waals surface area contributed by atoms with Crippen LogP contribution in [0.15, 0.2) is 48.5 Å². The average Bonchev–Trinajstić information content (AvgIpc) is 2.92. The van der Waals surface area contributed by atoms with Crippen LogP contribution in [0.25, 0.3) is 5.57 Å². The van der Waals surface area contributed by atoms with Gasteiger partial charge in [-0.1, -0.05) is 44.2 Å². The Bertz CT molecular complexity index is 1110. The highest BCUT2D eigenvalue weighted by molar-refractivity contribution is 5.95. The molecule has 0 aliphatic carbocycles. The molecule has 5 N–H and O–H groups in total. The molecule has 0 amide bonds. The van der Waals surface area contributed by atoms with Gasteiger partial charge in [-0.15, -0.1) is 0 Å². The van der Waals surface area contributed by atoms with Gasteiger partial charge >= 0.3 is 5.97 Å². The highest BCUT2D eigenvalue weighted by atomic mass is 16.6. The Hall–Kier alpha value is -3.36. The number of nitrogens with zero attached hydrogens (tertiary/aromatic N) is 1. The first-order valence-electron chi connectivity index (χ1n) is 13.9. The summed E-state index contributed by atoms with van der Waals surface area (Å²) in [6, 6.07) is 13.5. The van der Waals surface area contributed by atoms with Gasteiger partial charge in [-0.05, 0) is 71.0 Å². The Morgan fingerprint density at radius 1 is 1.02 bits per heavy atom. The van der Waals surface area contributed by atoms with Crippen LogP contribution in [0.3, 0.4) is 0 Å². The van der Waals surface area contributed by atoms with Gasteiger partial charge in [0.15, 0.2) is 0 Å². The maximum absolute atomic E-state index is 12.4. The van der Waals surface area contributed by atoms with Gasteiger partial charge in [0.05, 0.1) is 13.7 Å². The molecular formula is C32H50N4O4. The van der Waals surface area contributed by atoms with E-state index < -0.39 is 11.2 Å². The SMILES string of the molecule is CC.CN.COc1cccc(OC2(/C=C(\C)c3ccc(C(=N)N)cc3)CCN(CC(=O)OC(C)(C)C)CC2)c1C. The van der Waals surface area contributed by atoms with Crippen molar-refractivity contribution in [1.82, 2.24) is 4.90 Å². The summed E-state index contributed by atoms with van der Waals surface area (Å²) < 4.78 is 17.8. The van der Waals surface area contributed by atoms with E-state index in [2.05, 4.69) is 23.6 Å². The highest BCUT2D eigenvalue weighted by Crippen LogP contribution is 2.36. The summed E-state index contributed by atoms with van der Waals surface area (Å²) in [5.41, 5.74) is 12.8. The molecule has 1 aliphatic rings. The lowest BCUT2D eigenvalue weighted by atomic mass is 9.87. The van der Waals surface area contributed by atoms with E-state index in [1.54, 1.807) is 7.11 Å². The van der Waals surface area contributed by atoms with Crippen LogP contribution < -0.4 is 20.9 Å². The minimum absolute atomic E-state index is 0.0499. The fraction of sp³-hybridized carbons (Fsp3) is 0.500. The number of piperidine rings is 1. The zero-order chi connectivity index (χ0) is 30.5. The van der Waals surface area contributed by atoms with Crippen molar-refractivity contribution in [3.8, 4) is 11.5 Å². The maximum atomic E-state index is 12.4. The highest BCUT2D eigenvalue weighted by Gasteiger charge is 2.36. The number of allylic oxidation sites excluding steroid dienone is 1. The number of likely N-dealkylation sites (tertiary alicyclic amines) is 1. The third-order valence-electron chi connectivity index (χ3n) is 6.37. The molecule has 1 heterocycles. The molecule has 0 bridgehead atoms. The van der Waals surface area contributed by atoms with E-state index in [0.717, 1.165) is 41.0 Å². The van der Waals surface area contributed by atoms with Gasteiger partial charge in [-0.3, -0.25) is 15.1 Å². The van der Waals surface area contributed by atoms with Crippen LogP contribution >= 0.6 is 0 Å². The topological polar surface area (TPSA) is 124 Å². The number of carbonyl (C=O) groups is 1. The van der Waals surface area contributed by atoms with Crippen molar-refractivity contribution in [2.24, 2.45) is 11.5 Å². The van der Waals surface area contributed by atoms with Crippen LogP contribution in [0.4, 0.5) is 0 Å². The first-order chi connectivity index (χ1) is 18.9. The lowest BCUT2D eigenvalue weighted by Gasteiger charge is -2.41. The van der Waals surface area contributed by atoms with Crippen molar-refractivity contribution in [3.05, 3.63) is 65.2 Å². The van der Waals surface area contributed by atoms with Gasteiger partial charge in [-0.25, -0.2) is 0 Å². The second-order valence-corrected chi connectivity index (χ2v) is 10.4. The molecule has 1 fully saturated rings. The first kappa shape index (κ1) is 34.7. The molecule has 0 spiro atoms. The number of methoxy groups -OCH3 is 1. The number of benzene rings is 2. The van der Waals surface area contributed by atoms with Gasteiger partial charge < -0.3 is 25.7 Å². The Kier molecular flexibility index (Phi) is 13.9. The number of nitrogens with two attached hydrogens (primary N) is 2. The van der Waals surface area contributed by atoms with E-state index in [4.69, 9.17) is 25.4 Å². The van der Waals surface area contributed by atoms with Gasteiger partial charge in [0.25, 0.3) is 0 Å². The molecule has 2 aromatic rings. The van der Waals surface area contributed by atoms with Crippen molar-refractivity contribution in [2.75, 3.05) is 33.8 Å². The lowest BCUT2D eigenvalue weighted by Crippen LogP contribution is -2.49. The van der Waals surface area contributed by atoms with Crippen LogP contribution in [0, 0.1) is 12.3 Å². The number of carbonyl (C=O) groups excluding carboxylic acids is 1. The summed E-state index contributed by atoms with van der Waals surface area (Å²) in [7, 11) is 3.16. The average molecular weight is 555 g/mol. The maximum Gasteiger partial charge on any atom is 0.320 e. The summed E-state index contributed by atoms with van der Waals surface area (Å²) in [6.45, 7) is 15.4. The molecule has 1 saturated heterocycles. The molecular weight excluding hydrogens is 504 g/mol. The minimum atomic E-state index is -0.551. The van der Waals surface area contributed by atoms with Crippen molar-refractivity contribution in [2.45, 2.75) is 72.5 Å². The fourth-order valence-corrected chi connectivity index (χ4v) is 4.46. The smallest absolute Gasteiger partial charge is 0.320 e. The Labute approximate surface area is 241 Å². The van der Waals surface area contributed by atoms with Crippen LogP contribution in [-0.4, -0.2) is 61.7 Å². The van der Waals surface area contributed by atoms with E-state index in [-0.39, 0.29) is 18.3 Å². The molecule has 2 aromatic carbocycles. The number of hydrogen-bond donors (Lipinski definition) is 3. The fourth-order valence-electron chi connectivity index (χ4n) is 4.46. The van der Waals surface area contributed by atoms with Crippen LogP contribution in [-0.2, 0) is 9.53 Å². The van der Waals surface area contributed by atoms with E-state index in [1.807, 2.05) is 84.0 Å². The zero-order valence-electron chi connectivity index (χ0n) is 25.9. The number of nitrogens with one attached hydrogen (secondary N) is 1. The summed E-state index contributed by atoms with van der Waals surface area (Å²) in [6.07, 6.45) is 3.63. The van der Waals surface area contributed by atoms with Gasteiger partial charge in [0.1, 0.15) is 28.5 Å². The summed E-state index contributed by atoms with van der Waals surface area (Å²) in [5, 5.41) is 7.64. The molecule has 222 valence electrons. The van der Waals surface area contributed by atoms with E-state index >= 15 is 0 Å². The van der Waals surface area contributed by atoms with Crippen molar-refractivity contribution in [3.63, 3.8) is 0 Å². The van der Waals surface area contributed by atoms with E-state index in [0.29, 0.717) is 18.7 Å². The van der Waals surface area contributed by atoms with Crippen LogP contribution in [0.5, 0.6) is 11.5 Å². The molecule has 0 saturated carbocycles. The quantitative estimate of drug-likeness (QED) is 0.222. The van der Waals surface area contributed by atoms with Crippen LogP contribution in [0.2, 0.25) is 0 Å². The largest absolute Gasteiger partial charge is 0.496 e. The Morgan fingerprint density at radius 3 is 2.05 bits per heavy atom. The molecule has 1 aliphatic heterocycles. The molecule has 3 rings (SSSR count). The van der Waals surface area contributed by atoms with E-state index in [9.17, 15) is 4.79 Å². The Morgan fingerprint density at radius 2 is 1.55 bits per heavy atom. The predicted octanol–water partition coefficient (Wildman–Crippen LogP) is 5.55. The number of rotatable bonds is 8. The number of hydrogen-bond acceptors (Lipinski definition) is 7. The number of ether oxygens (including phenoxy) is 3. The third kappa shape index (κ3) is 10.3. The lowest BCUT2D eigenvalue weighted by molar-refractivity contribution is -0.156. The van der Waals surface area contributed by atoms with Gasteiger partial charge in [-0.2, -0.15) is 0 Å². The predicted molar refractivity (Wildman–Crippen MR) is 165 cm³/mol. The third-order valence-corrected chi connectivity index (χ3v) is 6.37. The number of amidine groups is 1. The van der Waals surface area contributed by atoms with Crippen molar-refractivity contribution in [1.29, 1.82) is 5.41 Å². The molecule has 0 atom stereocenters. The van der Waals surface area contributed by atoms with E-state index in [1.165, 1.54) is 7.05 Å². The molecule has 40 heavy (non-hydrogen) atoms. The van der Waals surface area contributed by atoms with Gasteiger partial charge in [0.2, 0.25) is 0 Å². The molecule has 8 nitrogen and oxygen atoms in total. The van der Waals surface area contributed by atoms with Crippen LogP contribution in [0.1, 0.15) is 71.1 Å². The number of nitrogen functional groups attached to an aromatic ring is 1. The standard InChI is InChI=1S/C29H39N3O4.C2H6.CH5N/c1-20(22-10-12-23(13-11-22)27(30)31)18-29(35-25-9-7-8-24(34-6)21(25)2)14-16-32(17-15-29)19-26(33)36-28(3,4)5;2*1-2/h7-13,18H,14-17,19H2,1-6H3,(H3,30,31);1-2H3;2H2,1H3/b20-18+;;. The number of esters is 1. The minimum Gasteiger partial charge on any atom is -0.496 e. The van der Waals surface area contributed by atoms with Gasteiger partial charge in [0, 0.05) is 37.1 Å². The summed E-state index contributed by atoms with van der Waals surface area (Å²) >= 11 is 0. The monoisotopic (exact) mass is 554 g/mol. The normalized spacial score (nSPS) is 15.0. The molecule has 0 radical (unpaired) electrons. The molecule has 0 unspecified atom stereocenters. The second kappa shape index (κ2) is 16.0. The van der Waals surface area contributed by atoms with Crippen molar-refractivity contribution >= 4 is 17.4 Å². The zero-order valence-corrected chi connectivity index (χ0v) is 25.9. The Balaban J connectivity index is 0.00000191. The molecule has 8 heteroatoms. The van der Waals surface area contributed by atoms with Crippen molar-refractivity contribution < 1.29 is 19.0 Å². The second-order valence-electron chi connectivity index (χ2n) is 10.4. The molecule has 0 aromatic heterocycles.